The summed E-state index contributed by atoms with van der Waals surface area (Å²) in [5.74, 6) is 0.510. The summed E-state index contributed by atoms with van der Waals surface area (Å²) in [7, 11) is 1.56. The summed E-state index contributed by atoms with van der Waals surface area (Å²) in [4.78, 5) is 18.5. The molecule has 7 heteroatoms. The number of amidine groups is 1. The largest absolute Gasteiger partial charge is 0.496 e. The summed E-state index contributed by atoms with van der Waals surface area (Å²) in [6.45, 7) is 0. The SMILES string of the molecule is COc1cc(-c2ncc(-c3ccc(C(=N)N)cc3)[nH]2)ccc1CCC(=O)O. The van der Waals surface area contributed by atoms with Crippen LogP contribution in [-0.4, -0.2) is 34.0 Å². The lowest BCUT2D eigenvalue weighted by Crippen LogP contribution is -2.10. The van der Waals surface area contributed by atoms with Crippen LogP contribution in [0.15, 0.2) is 48.7 Å². The van der Waals surface area contributed by atoms with Gasteiger partial charge in [-0.25, -0.2) is 4.98 Å². The number of nitrogens with one attached hydrogen (secondary N) is 2. The Bertz CT molecular complexity index is 977. The highest BCUT2D eigenvalue weighted by atomic mass is 16.5. The number of rotatable bonds is 7. The van der Waals surface area contributed by atoms with Gasteiger partial charge in [0.2, 0.25) is 0 Å². The topological polar surface area (TPSA) is 125 Å². The van der Waals surface area contributed by atoms with Crippen molar-refractivity contribution in [3.05, 3.63) is 59.8 Å². The summed E-state index contributed by atoms with van der Waals surface area (Å²) in [5.41, 5.74) is 9.61. The number of carboxylic acids is 1. The van der Waals surface area contributed by atoms with Crippen LogP contribution in [0, 0.1) is 5.41 Å². The minimum atomic E-state index is -0.840. The van der Waals surface area contributed by atoms with Crippen LogP contribution >= 0.6 is 0 Å². The molecule has 0 atom stereocenters. The highest BCUT2D eigenvalue weighted by Gasteiger charge is 2.11. The van der Waals surface area contributed by atoms with Gasteiger partial charge in [-0.2, -0.15) is 0 Å². The van der Waals surface area contributed by atoms with E-state index in [-0.39, 0.29) is 12.3 Å². The number of carbonyl (C=O) groups is 1. The number of imidazole rings is 1. The van der Waals surface area contributed by atoms with Crippen molar-refractivity contribution in [1.29, 1.82) is 5.41 Å². The number of nitrogens with two attached hydrogens (primary N) is 1. The van der Waals surface area contributed by atoms with Crippen LogP contribution in [0.25, 0.3) is 22.6 Å². The van der Waals surface area contributed by atoms with Crippen LogP contribution < -0.4 is 10.5 Å². The predicted molar refractivity (Wildman–Crippen MR) is 103 cm³/mol. The first-order valence-corrected chi connectivity index (χ1v) is 8.37. The van der Waals surface area contributed by atoms with E-state index in [9.17, 15) is 4.79 Å². The molecule has 0 spiro atoms. The number of aromatic nitrogens is 2. The molecular formula is C20H20N4O3. The number of aryl methyl sites for hydroxylation is 1. The van der Waals surface area contributed by atoms with Gasteiger partial charge in [-0.1, -0.05) is 36.4 Å². The first kappa shape index (κ1) is 18.2. The van der Waals surface area contributed by atoms with Crippen molar-refractivity contribution >= 4 is 11.8 Å². The number of hydrogen-bond acceptors (Lipinski definition) is 4. The lowest BCUT2D eigenvalue weighted by atomic mass is 10.1. The second-order valence-electron chi connectivity index (χ2n) is 6.06. The average molecular weight is 364 g/mol. The molecule has 0 aliphatic rings. The van der Waals surface area contributed by atoms with E-state index in [1.165, 1.54) is 0 Å². The summed E-state index contributed by atoms with van der Waals surface area (Å²) < 4.78 is 5.40. The number of nitrogen functional groups attached to an aromatic ring is 1. The van der Waals surface area contributed by atoms with E-state index < -0.39 is 5.97 Å². The normalized spacial score (nSPS) is 10.6. The molecule has 27 heavy (non-hydrogen) atoms. The Morgan fingerprint density at radius 2 is 1.93 bits per heavy atom. The van der Waals surface area contributed by atoms with Gasteiger partial charge in [0.15, 0.2) is 0 Å². The Morgan fingerprint density at radius 3 is 2.56 bits per heavy atom. The first-order valence-electron chi connectivity index (χ1n) is 8.37. The van der Waals surface area contributed by atoms with E-state index in [1.807, 2.05) is 30.3 Å². The second kappa shape index (κ2) is 7.74. The number of carboxylic acid groups (broad SMARTS) is 1. The van der Waals surface area contributed by atoms with E-state index in [1.54, 1.807) is 25.4 Å². The summed E-state index contributed by atoms with van der Waals surface area (Å²) in [5, 5.41) is 16.3. The Kier molecular flexibility index (Phi) is 5.21. The van der Waals surface area contributed by atoms with Crippen LogP contribution in [0.1, 0.15) is 17.5 Å². The number of ether oxygens (including phenoxy) is 1. The van der Waals surface area contributed by atoms with Crippen molar-refractivity contribution < 1.29 is 14.6 Å². The fourth-order valence-corrected chi connectivity index (χ4v) is 2.78. The van der Waals surface area contributed by atoms with Crippen molar-refractivity contribution in [3.63, 3.8) is 0 Å². The maximum absolute atomic E-state index is 10.8. The Morgan fingerprint density at radius 1 is 1.22 bits per heavy atom. The fourth-order valence-electron chi connectivity index (χ4n) is 2.78. The lowest BCUT2D eigenvalue weighted by Gasteiger charge is -2.09. The molecule has 3 aromatic rings. The summed E-state index contributed by atoms with van der Waals surface area (Å²) >= 11 is 0. The molecule has 7 nitrogen and oxygen atoms in total. The van der Waals surface area contributed by atoms with Crippen molar-refractivity contribution in [2.45, 2.75) is 12.8 Å². The molecule has 2 aromatic carbocycles. The molecule has 1 aromatic heterocycles. The molecule has 0 saturated heterocycles. The number of H-pyrrole nitrogens is 1. The minimum absolute atomic E-state index is 0.0296. The third-order valence-electron chi connectivity index (χ3n) is 4.25. The molecule has 0 radical (unpaired) electrons. The zero-order valence-electron chi connectivity index (χ0n) is 14.8. The number of aromatic amines is 1. The van der Waals surface area contributed by atoms with E-state index in [4.69, 9.17) is 21.0 Å². The number of benzene rings is 2. The van der Waals surface area contributed by atoms with Crippen molar-refractivity contribution in [2.75, 3.05) is 7.11 Å². The fraction of sp³-hybridized carbons (Fsp3) is 0.150. The Balaban J connectivity index is 1.85. The molecule has 0 saturated carbocycles. The molecule has 0 aliphatic carbocycles. The second-order valence-corrected chi connectivity index (χ2v) is 6.06. The van der Waals surface area contributed by atoms with Gasteiger partial charge in [0, 0.05) is 17.5 Å². The van der Waals surface area contributed by atoms with Gasteiger partial charge < -0.3 is 20.6 Å². The van der Waals surface area contributed by atoms with E-state index in [2.05, 4.69) is 9.97 Å². The molecule has 3 rings (SSSR count). The van der Waals surface area contributed by atoms with Crippen LogP contribution in [-0.2, 0) is 11.2 Å². The Labute approximate surface area is 156 Å². The van der Waals surface area contributed by atoms with Gasteiger partial charge in [-0.15, -0.1) is 0 Å². The maximum Gasteiger partial charge on any atom is 0.303 e. The lowest BCUT2D eigenvalue weighted by molar-refractivity contribution is -0.136. The van der Waals surface area contributed by atoms with Crippen LogP contribution in [0.2, 0.25) is 0 Å². The van der Waals surface area contributed by atoms with Gasteiger partial charge >= 0.3 is 5.97 Å². The van der Waals surface area contributed by atoms with Gasteiger partial charge in [0.1, 0.15) is 17.4 Å². The van der Waals surface area contributed by atoms with Gasteiger partial charge in [0.05, 0.1) is 19.0 Å². The van der Waals surface area contributed by atoms with Crippen LogP contribution in [0.5, 0.6) is 5.75 Å². The molecular weight excluding hydrogens is 344 g/mol. The number of hydrogen-bond donors (Lipinski definition) is 4. The molecule has 5 N–H and O–H groups in total. The molecule has 138 valence electrons. The van der Waals surface area contributed by atoms with Gasteiger partial charge in [-0.3, -0.25) is 10.2 Å². The molecule has 0 aliphatic heterocycles. The van der Waals surface area contributed by atoms with Gasteiger partial charge in [0.25, 0.3) is 0 Å². The van der Waals surface area contributed by atoms with E-state index >= 15 is 0 Å². The molecule has 0 unspecified atom stereocenters. The van der Waals surface area contributed by atoms with Crippen molar-refractivity contribution in [2.24, 2.45) is 5.73 Å². The highest BCUT2D eigenvalue weighted by molar-refractivity contribution is 5.95. The number of nitrogens with zero attached hydrogens (tertiary/aromatic N) is 1. The number of aliphatic carboxylic acids is 1. The summed E-state index contributed by atoms with van der Waals surface area (Å²) in [6, 6.07) is 12.9. The monoisotopic (exact) mass is 364 g/mol. The minimum Gasteiger partial charge on any atom is -0.496 e. The van der Waals surface area contributed by atoms with Gasteiger partial charge in [-0.05, 0) is 23.6 Å². The Hall–Kier alpha value is -3.61. The molecule has 1 heterocycles. The van der Waals surface area contributed by atoms with Crippen molar-refractivity contribution in [3.8, 4) is 28.4 Å². The van der Waals surface area contributed by atoms with Crippen LogP contribution in [0.4, 0.5) is 0 Å². The maximum atomic E-state index is 10.8. The van der Waals surface area contributed by atoms with E-state index in [0.29, 0.717) is 23.6 Å². The average Bonchev–Trinajstić information content (AvgIpc) is 3.16. The molecule has 0 bridgehead atoms. The quantitative estimate of drug-likeness (QED) is 0.379. The number of methoxy groups -OCH3 is 1. The highest BCUT2D eigenvalue weighted by Crippen LogP contribution is 2.28. The van der Waals surface area contributed by atoms with E-state index in [0.717, 1.165) is 22.4 Å². The van der Waals surface area contributed by atoms with Crippen LogP contribution in [0.3, 0.4) is 0 Å². The molecule has 0 fully saturated rings. The third kappa shape index (κ3) is 4.14. The predicted octanol–water partition coefficient (Wildman–Crippen LogP) is 3.05. The first-order chi connectivity index (χ1) is 13.0. The van der Waals surface area contributed by atoms with Crippen molar-refractivity contribution in [1.82, 2.24) is 9.97 Å². The smallest absolute Gasteiger partial charge is 0.303 e. The summed E-state index contributed by atoms with van der Waals surface area (Å²) in [6.07, 6.45) is 2.20. The zero-order valence-corrected chi connectivity index (χ0v) is 14.8. The third-order valence-corrected chi connectivity index (χ3v) is 4.25. The standard InChI is InChI=1S/C20H20N4O3/c1-27-17-10-15(7-4-13(17)8-9-18(25)26)20-23-11-16(24-20)12-2-5-14(6-3-12)19(21)22/h2-7,10-11H,8-9H2,1H3,(H3,21,22)(H,23,24)(H,25,26). The zero-order chi connectivity index (χ0) is 19.4. The molecule has 0 amide bonds.